The lowest BCUT2D eigenvalue weighted by atomic mass is 9.94. The van der Waals surface area contributed by atoms with Crippen molar-refractivity contribution in [2.75, 3.05) is 18.6 Å². The number of carbonyl (C=O) groups excluding carboxylic acids is 3. The van der Waals surface area contributed by atoms with Gasteiger partial charge < -0.3 is 20.3 Å². The Balaban J connectivity index is 2.48. The van der Waals surface area contributed by atoms with Crippen LogP contribution in [0.2, 0.25) is 0 Å². The normalized spacial score (nSPS) is 15.6. The lowest BCUT2D eigenvalue weighted by Gasteiger charge is -2.36. The molecular formula is C31H49N3O4S. The van der Waals surface area contributed by atoms with Gasteiger partial charge in [0.2, 0.25) is 11.8 Å². The summed E-state index contributed by atoms with van der Waals surface area (Å²) >= 11 is 1.61. The average molecular weight is 560 g/mol. The quantitative estimate of drug-likeness (QED) is 0.255. The monoisotopic (exact) mass is 559 g/mol. The van der Waals surface area contributed by atoms with Crippen molar-refractivity contribution in [1.29, 1.82) is 0 Å². The van der Waals surface area contributed by atoms with Gasteiger partial charge in [0.05, 0.1) is 0 Å². The molecule has 1 fully saturated rings. The number of carbonyl (C=O) groups is 3. The first-order chi connectivity index (χ1) is 18.6. The van der Waals surface area contributed by atoms with Gasteiger partial charge in [0.1, 0.15) is 17.7 Å². The Kier molecular flexibility index (Phi) is 13.9. The molecule has 2 unspecified atom stereocenters. The predicted molar refractivity (Wildman–Crippen MR) is 162 cm³/mol. The van der Waals surface area contributed by atoms with Crippen molar-refractivity contribution in [2.45, 2.75) is 109 Å². The van der Waals surface area contributed by atoms with E-state index in [9.17, 15) is 14.4 Å². The van der Waals surface area contributed by atoms with Crippen LogP contribution in [0.1, 0.15) is 103 Å². The fourth-order valence-corrected chi connectivity index (χ4v) is 5.37. The number of rotatable bonds is 14. The maximum atomic E-state index is 14.3. The van der Waals surface area contributed by atoms with Crippen molar-refractivity contribution < 1.29 is 19.1 Å². The van der Waals surface area contributed by atoms with Crippen LogP contribution in [0.25, 0.3) is 6.08 Å². The summed E-state index contributed by atoms with van der Waals surface area (Å²) < 4.78 is 5.48. The molecular weight excluding hydrogens is 510 g/mol. The number of benzene rings is 1. The molecule has 8 heteroatoms. The fraction of sp³-hybridized carbons (Fsp3) is 0.645. The minimum atomic E-state index is -0.812. The van der Waals surface area contributed by atoms with Gasteiger partial charge in [-0.3, -0.25) is 9.59 Å². The Morgan fingerprint density at radius 2 is 1.90 bits per heavy atom. The minimum Gasteiger partial charge on any atom is -0.444 e. The van der Waals surface area contributed by atoms with Gasteiger partial charge in [-0.05, 0) is 75.7 Å². The van der Waals surface area contributed by atoms with Gasteiger partial charge in [0.15, 0.2) is 0 Å². The molecule has 1 aromatic rings. The summed E-state index contributed by atoms with van der Waals surface area (Å²) in [6, 6.07) is 6.14. The van der Waals surface area contributed by atoms with E-state index in [0.717, 1.165) is 56.1 Å². The van der Waals surface area contributed by atoms with Crippen LogP contribution in [0.15, 0.2) is 30.8 Å². The van der Waals surface area contributed by atoms with Crippen LogP contribution >= 0.6 is 11.8 Å². The highest BCUT2D eigenvalue weighted by Gasteiger charge is 2.36. The van der Waals surface area contributed by atoms with Gasteiger partial charge in [0, 0.05) is 12.6 Å². The van der Waals surface area contributed by atoms with Crippen LogP contribution in [0.3, 0.4) is 0 Å². The number of ether oxygens (including phenoxy) is 1. The molecule has 1 aromatic carbocycles. The highest BCUT2D eigenvalue weighted by atomic mass is 32.2. The summed E-state index contributed by atoms with van der Waals surface area (Å²) in [7, 11) is 0. The first-order valence-electron chi connectivity index (χ1n) is 14.4. The van der Waals surface area contributed by atoms with E-state index >= 15 is 0 Å². The summed E-state index contributed by atoms with van der Waals surface area (Å²) in [4.78, 5) is 42.7. The number of amides is 3. The van der Waals surface area contributed by atoms with E-state index in [2.05, 4.69) is 24.1 Å². The molecule has 7 nitrogen and oxygen atoms in total. The molecule has 0 heterocycles. The first-order valence-corrected chi connectivity index (χ1v) is 15.8. The summed E-state index contributed by atoms with van der Waals surface area (Å²) in [5, 5.41) is 6.07. The summed E-state index contributed by atoms with van der Waals surface area (Å²) in [5.41, 5.74) is 0.937. The highest BCUT2D eigenvalue weighted by Crippen LogP contribution is 2.27. The molecule has 0 aromatic heterocycles. The summed E-state index contributed by atoms with van der Waals surface area (Å²) in [5.74, 6) is 0.243. The molecule has 2 atom stereocenters. The Morgan fingerprint density at radius 1 is 1.18 bits per heavy atom. The zero-order valence-electron chi connectivity index (χ0n) is 24.6. The third kappa shape index (κ3) is 11.3. The van der Waals surface area contributed by atoms with Gasteiger partial charge >= 0.3 is 6.09 Å². The van der Waals surface area contributed by atoms with E-state index < -0.39 is 23.8 Å². The summed E-state index contributed by atoms with van der Waals surface area (Å²) in [6.07, 6.45) is 11.5. The number of hydrogen-bond acceptors (Lipinski definition) is 5. The SMILES string of the molecule is C=Cc1cccc(C(C(=O)NC2CCCCC2)N(CCCCC)C(=O)C(CCSC)NC(=O)OC(C)(C)C)c1. The summed E-state index contributed by atoms with van der Waals surface area (Å²) in [6.45, 7) is 11.8. The van der Waals surface area contributed by atoms with Gasteiger partial charge in [-0.1, -0.05) is 69.9 Å². The molecule has 1 saturated carbocycles. The van der Waals surface area contributed by atoms with Crippen LogP contribution in [0, 0.1) is 0 Å². The van der Waals surface area contributed by atoms with Gasteiger partial charge in [-0.2, -0.15) is 11.8 Å². The van der Waals surface area contributed by atoms with Crippen molar-refractivity contribution >= 4 is 35.7 Å². The van der Waals surface area contributed by atoms with Crippen molar-refractivity contribution in [3.05, 3.63) is 42.0 Å². The molecule has 2 N–H and O–H groups in total. The number of unbranched alkanes of at least 4 members (excludes halogenated alkanes) is 2. The second-order valence-electron chi connectivity index (χ2n) is 11.3. The van der Waals surface area contributed by atoms with Crippen molar-refractivity contribution in [3.63, 3.8) is 0 Å². The molecule has 39 heavy (non-hydrogen) atoms. The van der Waals surface area contributed by atoms with E-state index in [1.54, 1.807) is 43.5 Å². The number of nitrogens with zero attached hydrogens (tertiary/aromatic N) is 1. The molecule has 0 bridgehead atoms. The molecule has 0 saturated heterocycles. The number of nitrogens with one attached hydrogen (secondary N) is 2. The molecule has 0 aliphatic heterocycles. The second-order valence-corrected chi connectivity index (χ2v) is 12.3. The van der Waals surface area contributed by atoms with Crippen molar-refractivity contribution in [1.82, 2.24) is 15.5 Å². The Bertz CT molecular complexity index is 940. The zero-order valence-corrected chi connectivity index (χ0v) is 25.4. The van der Waals surface area contributed by atoms with E-state index in [1.165, 1.54) is 6.42 Å². The second kappa shape index (κ2) is 16.6. The van der Waals surface area contributed by atoms with E-state index in [4.69, 9.17) is 4.74 Å². The topological polar surface area (TPSA) is 87.7 Å². The van der Waals surface area contributed by atoms with Gasteiger partial charge in [-0.25, -0.2) is 4.79 Å². The molecule has 3 amide bonds. The lowest BCUT2D eigenvalue weighted by Crippen LogP contribution is -2.54. The standard InChI is InChI=1S/C31H49N3O4S/c1-7-9-13-20-34(29(36)26(19-21-39-6)33-30(37)38-31(3,4)5)27(24-16-14-15-23(8-2)22-24)28(35)32-25-17-11-10-12-18-25/h8,14-16,22,25-27H,2,7,9-13,17-21H2,1,3-6H3,(H,32,35)(H,33,37). The largest absolute Gasteiger partial charge is 0.444 e. The number of thioether (sulfide) groups is 1. The molecule has 2 rings (SSSR count). The Hall–Kier alpha value is -2.48. The van der Waals surface area contributed by atoms with Crippen LogP contribution < -0.4 is 10.6 Å². The van der Waals surface area contributed by atoms with E-state index in [1.807, 2.05) is 30.5 Å². The molecule has 1 aliphatic carbocycles. The molecule has 0 spiro atoms. The molecule has 0 radical (unpaired) electrons. The minimum absolute atomic E-state index is 0.108. The van der Waals surface area contributed by atoms with E-state index in [-0.39, 0.29) is 17.9 Å². The maximum absolute atomic E-state index is 14.3. The van der Waals surface area contributed by atoms with Crippen molar-refractivity contribution in [3.8, 4) is 0 Å². The lowest BCUT2D eigenvalue weighted by molar-refractivity contribution is -0.143. The van der Waals surface area contributed by atoms with Crippen molar-refractivity contribution in [2.24, 2.45) is 0 Å². The Labute approximate surface area is 239 Å². The highest BCUT2D eigenvalue weighted by molar-refractivity contribution is 7.98. The number of alkyl carbamates (subject to hydrolysis) is 1. The van der Waals surface area contributed by atoms with Crippen LogP contribution in [0.5, 0.6) is 0 Å². The van der Waals surface area contributed by atoms with Crippen LogP contribution in [-0.2, 0) is 14.3 Å². The van der Waals surface area contributed by atoms with Crippen LogP contribution in [0.4, 0.5) is 4.79 Å². The average Bonchev–Trinajstić information content (AvgIpc) is 2.89. The predicted octanol–water partition coefficient (Wildman–Crippen LogP) is 6.48. The van der Waals surface area contributed by atoms with Gasteiger partial charge in [-0.15, -0.1) is 0 Å². The third-order valence-electron chi connectivity index (χ3n) is 6.86. The zero-order chi connectivity index (χ0) is 28.8. The van der Waals surface area contributed by atoms with E-state index in [0.29, 0.717) is 18.7 Å². The number of hydrogen-bond donors (Lipinski definition) is 2. The fourth-order valence-electron chi connectivity index (χ4n) is 4.90. The molecule has 1 aliphatic rings. The van der Waals surface area contributed by atoms with Gasteiger partial charge in [0.25, 0.3) is 0 Å². The van der Waals surface area contributed by atoms with Crippen LogP contribution in [-0.4, -0.2) is 59.0 Å². The smallest absolute Gasteiger partial charge is 0.408 e. The third-order valence-corrected chi connectivity index (χ3v) is 7.50. The molecule has 218 valence electrons. The first kappa shape index (κ1) is 32.7. The maximum Gasteiger partial charge on any atom is 0.408 e. The Morgan fingerprint density at radius 3 is 2.51 bits per heavy atom.